The van der Waals surface area contributed by atoms with Gasteiger partial charge in [-0.1, -0.05) is 12.1 Å². The Bertz CT molecular complexity index is 567. The Labute approximate surface area is 97.6 Å². The second kappa shape index (κ2) is 3.55. The molecule has 4 nitrogen and oxygen atoms in total. The molecular formula is C12H12FN3O. The van der Waals surface area contributed by atoms with Crippen LogP contribution in [-0.2, 0) is 0 Å². The van der Waals surface area contributed by atoms with Crippen molar-refractivity contribution in [3.05, 3.63) is 29.8 Å². The fourth-order valence-corrected chi connectivity index (χ4v) is 1.89. The molecule has 1 aromatic heterocycles. The molecular weight excluding hydrogens is 221 g/mol. The zero-order chi connectivity index (χ0) is 12.0. The summed E-state index contributed by atoms with van der Waals surface area (Å²) in [7, 11) is 0. The highest BCUT2D eigenvalue weighted by Gasteiger charge is 2.38. The number of nitrogens with zero attached hydrogens (tertiary/aromatic N) is 2. The Hall–Kier alpha value is -1.91. The molecule has 2 unspecified atom stereocenters. The largest absolute Gasteiger partial charge is 0.398 e. The van der Waals surface area contributed by atoms with Gasteiger partial charge in [0.15, 0.2) is 5.82 Å². The Kier molecular flexibility index (Phi) is 2.14. The highest BCUT2D eigenvalue weighted by Crippen LogP contribution is 2.45. The second-order valence-electron chi connectivity index (χ2n) is 4.51. The van der Waals surface area contributed by atoms with Crippen LogP contribution in [0.5, 0.6) is 0 Å². The maximum Gasteiger partial charge on any atom is 0.260 e. The number of nitrogen functional groups attached to an aromatic ring is 1. The van der Waals surface area contributed by atoms with E-state index in [0.29, 0.717) is 28.9 Å². The quantitative estimate of drug-likeness (QED) is 0.809. The molecule has 2 aromatic rings. The van der Waals surface area contributed by atoms with Gasteiger partial charge < -0.3 is 10.3 Å². The van der Waals surface area contributed by atoms with Gasteiger partial charge in [0, 0.05) is 11.6 Å². The molecule has 1 saturated carbocycles. The number of benzene rings is 1. The lowest BCUT2D eigenvalue weighted by Crippen LogP contribution is -1.91. The lowest BCUT2D eigenvalue weighted by molar-refractivity contribution is 0.422. The van der Waals surface area contributed by atoms with Crippen molar-refractivity contribution in [1.82, 2.24) is 10.1 Å². The van der Waals surface area contributed by atoms with Gasteiger partial charge in [0.1, 0.15) is 5.82 Å². The molecule has 0 saturated heterocycles. The molecule has 88 valence electrons. The summed E-state index contributed by atoms with van der Waals surface area (Å²) in [4.78, 5) is 4.27. The molecule has 17 heavy (non-hydrogen) atoms. The highest BCUT2D eigenvalue weighted by molar-refractivity contribution is 5.70. The van der Waals surface area contributed by atoms with Crippen molar-refractivity contribution < 1.29 is 8.91 Å². The van der Waals surface area contributed by atoms with Crippen LogP contribution in [0, 0.1) is 11.7 Å². The van der Waals surface area contributed by atoms with Crippen LogP contribution in [0.25, 0.3) is 11.5 Å². The summed E-state index contributed by atoms with van der Waals surface area (Å²) >= 11 is 0. The minimum absolute atomic E-state index is 0.288. The molecule has 1 fully saturated rings. The number of anilines is 1. The summed E-state index contributed by atoms with van der Waals surface area (Å²) in [6.07, 6.45) is 1.08. The molecule has 0 aliphatic heterocycles. The van der Waals surface area contributed by atoms with E-state index in [2.05, 4.69) is 17.1 Å². The zero-order valence-electron chi connectivity index (χ0n) is 9.35. The minimum atomic E-state index is -0.367. The number of rotatable bonds is 2. The van der Waals surface area contributed by atoms with Gasteiger partial charge in [-0.05, 0) is 30.5 Å². The van der Waals surface area contributed by atoms with Crippen molar-refractivity contribution >= 4 is 5.69 Å². The molecule has 3 rings (SSSR count). The molecule has 1 aliphatic rings. The first-order chi connectivity index (χ1) is 8.15. The third kappa shape index (κ3) is 1.77. The van der Waals surface area contributed by atoms with E-state index in [9.17, 15) is 4.39 Å². The first-order valence-electron chi connectivity index (χ1n) is 5.54. The number of nitrogens with two attached hydrogens (primary N) is 1. The van der Waals surface area contributed by atoms with E-state index >= 15 is 0 Å². The van der Waals surface area contributed by atoms with E-state index in [4.69, 9.17) is 10.3 Å². The van der Waals surface area contributed by atoms with Crippen LogP contribution in [0.1, 0.15) is 25.1 Å². The van der Waals surface area contributed by atoms with Gasteiger partial charge in [0.2, 0.25) is 0 Å². The Balaban J connectivity index is 1.98. The Morgan fingerprint density at radius 3 is 2.94 bits per heavy atom. The van der Waals surface area contributed by atoms with Crippen LogP contribution in [0.4, 0.5) is 10.1 Å². The van der Waals surface area contributed by atoms with Crippen molar-refractivity contribution in [3.63, 3.8) is 0 Å². The summed E-state index contributed by atoms with van der Waals surface area (Å²) in [5.74, 6) is 1.59. The van der Waals surface area contributed by atoms with Gasteiger partial charge in [-0.3, -0.25) is 0 Å². The maximum atomic E-state index is 13.1. The van der Waals surface area contributed by atoms with E-state index in [1.807, 2.05) is 0 Å². The predicted octanol–water partition coefficient (Wildman–Crippen LogP) is 2.58. The van der Waals surface area contributed by atoms with Crippen molar-refractivity contribution in [1.29, 1.82) is 0 Å². The average molecular weight is 233 g/mol. The molecule has 1 heterocycles. The molecule has 0 bridgehead atoms. The zero-order valence-corrected chi connectivity index (χ0v) is 9.35. The van der Waals surface area contributed by atoms with E-state index < -0.39 is 0 Å². The van der Waals surface area contributed by atoms with E-state index in [0.717, 1.165) is 6.42 Å². The molecule has 0 spiro atoms. The van der Waals surface area contributed by atoms with Crippen LogP contribution in [-0.4, -0.2) is 10.1 Å². The summed E-state index contributed by atoms with van der Waals surface area (Å²) in [5, 5.41) is 3.91. The standard InChI is InChI=1S/C12H12FN3O/c1-6-4-8(6)11-15-12(17-16-11)9-5-7(13)2-3-10(9)14/h2-3,5-6,8H,4,14H2,1H3. The minimum Gasteiger partial charge on any atom is -0.398 e. The Morgan fingerprint density at radius 2 is 2.24 bits per heavy atom. The molecule has 0 radical (unpaired) electrons. The first kappa shape index (κ1) is 10.3. The van der Waals surface area contributed by atoms with Crippen molar-refractivity contribution in [3.8, 4) is 11.5 Å². The fourth-order valence-electron chi connectivity index (χ4n) is 1.89. The van der Waals surface area contributed by atoms with Crippen LogP contribution in [0.15, 0.2) is 22.7 Å². The third-order valence-corrected chi connectivity index (χ3v) is 3.13. The number of hydrogen-bond donors (Lipinski definition) is 1. The van der Waals surface area contributed by atoms with Crippen molar-refractivity contribution in [2.24, 2.45) is 5.92 Å². The lowest BCUT2D eigenvalue weighted by Gasteiger charge is -1.99. The SMILES string of the molecule is CC1CC1c1noc(-c2cc(F)ccc2N)n1. The number of hydrogen-bond acceptors (Lipinski definition) is 4. The normalized spacial score (nSPS) is 22.7. The molecule has 5 heteroatoms. The molecule has 1 aliphatic carbocycles. The average Bonchev–Trinajstić information content (AvgIpc) is 2.85. The fraction of sp³-hybridized carbons (Fsp3) is 0.333. The predicted molar refractivity (Wildman–Crippen MR) is 60.6 cm³/mol. The van der Waals surface area contributed by atoms with Crippen molar-refractivity contribution in [2.75, 3.05) is 5.73 Å². The van der Waals surface area contributed by atoms with Crippen LogP contribution in [0.2, 0.25) is 0 Å². The van der Waals surface area contributed by atoms with Crippen LogP contribution in [0.3, 0.4) is 0 Å². The maximum absolute atomic E-state index is 13.1. The smallest absolute Gasteiger partial charge is 0.260 e. The molecule has 0 amide bonds. The third-order valence-electron chi connectivity index (χ3n) is 3.13. The second-order valence-corrected chi connectivity index (χ2v) is 4.51. The first-order valence-corrected chi connectivity index (χ1v) is 5.54. The van der Waals surface area contributed by atoms with Crippen LogP contribution < -0.4 is 5.73 Å². The van der Waals surface area contributed by atoms with Gasteiger partial charge in [-0.2, -0.15) is 4.98 Å². The van der Waals surface area contributed by atoms with Crippen molar-refractivity contribution in [2.45, 2.75) is 19.3 Å². The van der Waals surface area contributed by atoms with Crippen LogP contribution >= 0.6 is 0 Å². The monoisotopic (exact) mass is 233 g/mol. The topological polar surface area (TPSA) is 64.9 Å². The lowest BCUT2D eigenvalue weighted by atomic mass is 10.2. The highest BCUT2D eigenvalue weighted by atomic mass is 19.1. The van der Waals surface area contributed by atoms with Gasteiger partial charge in [-0.15, -0.1) is 0 Å². The Morgan fingerprint density at radius 1 is 1.47 bits per heavy atom. The van der Waals surface area contributed by atoms with Gasteiger partial charge in [0.25, 0.3) is 5.89 Å². The van der Waals surface area contributed by atoms with E-state index in [-0.39, 0.29) is 11.7 Å². The molecule has 1 aromatic carbocycles. The van der Waals surface area contributed by atoms with E-state index in [1.54, 1.807) is 0 Å². The van der Waals surface area contributed by atoms with Gasteiger partial charge >= 0.3 is 0 Å². The summed E-state index contributed by atoms with van der Waals surface area (Å²) in [5.41, 5.74) is 6.65. The summed E-state index contributed by atoms with van der Waals surface area (Å²) < 4.78 is 18.3. The van der Waals surface area contributed by atoms with Gasteiger partial charge in [-0.25, -0.2) is 4.39 Å². The van der Waals surface area contributed by atoms with E-state index in [1.165, 1.54) is 18.2 Å². The summed E-state index contributed by atoms with van der Waals surface area (Å²) in [6, 6.07) is 4.11. The summed E-state index contributed by atoms with van der Waals surface area (Å²) in [6.45, 7) is 2.14. The number of halogens is 1. The molecule has 2 N–H and O–H groups in total. The van der Waals surface area contributed by atoms with Gasteiger partial charge in [0.05, 0.1) is 5.56 Å². The number of aromatic nitrogens is 2. The molecule has 2 atom stereocenters.